The van der Waals surface area contributed by atoms with Crippen LogP contribution < -0.4 is 4.74 Å². The van der Waals surface area contributed by atoms with Crippen molar-refractivity contribution >= 4 is 27.7 Å². The van der Waals surface area contributed by atoms with E-state index in [4.69, 9.17) is 9.15 Å². The summed E-state index contributed by atoms with van der Waals surface area (Å²) >= 11 is 5.23. The molecule has 1 heterocycles. The lowest BCUT2D eigenvalue weighted by molar-refractivity contribution is 0.411. The second kappa shape index (κ2) is 5.65. The van der Waals surface area contributed by atoms with Crippen molar-refractivity contribution in [2.24, 2.45) is 0 Å². The standard InChI is InChI=1S/C13H13BrO2S/c1-9-13(5-6-16-9)17-8-10-7-11(14)3-4-12(10)15-2/h3-7H,8H2,1-2H3. The lowest BCUT2D eigenvalue weighted by Crippen LogP contribution is -1.90. The van der Waals surface area contributed by atoms with Gasteiger partial charge >= 0.3 is 0 Å². The van der Waals surface area contributed by atoms with Gasteiger partial charge in [-0.2, -0.15) is 0 Å². The maximum atomic E-state index is 5.34. The van der Waals surface area contributed by atoms with Crippen molar-refractivity contribution in [3.05, 3.63) is 46.3 Å². The number of furan rings is 1. The van der Waals surface area contributed by atoms with E-state index in [2.05, 4.69) is 22.0 Å². The summed E-state index contributed by atoms with van der Waals surface area (Å²) < 4.78 is 11.7. The van der Waals surface area contributed by atoms with Crippen LogP contribution in [0.2, 0.25) is 0 Å². The van der Waals surface area contributed by atoms with Crippen LogP contribution in [-0.4, -0.2) is 7.11 Å². The smallest absolute Gasteiger partial charge is 0.122 e. The van der Waals surface area contributed by atoms with Gasteiger partial charge in [-0.05, 0) is 31.2 Å². The third-order valence-electron chi connectivity index (χ3n) is 2.44. The van der Waals surface area contributed by atoms with Crippen LogP contribution in [0.1, 0.15) is 11.3 Å². The third-order valence-corrected chi connectivity index (χ3v) is 4.12. The molecule has 2 nitrogen and oxygen atoms in total. The van der Waals surface area contributed by atoms with Crippen LogP contribution in [0.25, 0.3) is 0 Å². The Kier molecular flexibility index (Phi) is 4.18. The molecule has 0 bridgehead atoms. The summed E-state index contributed by atoms with van der Waals surface area (Å²) in [6, 6.07) is 8.03. The van der Waals surface area contributed by atoms with E-state index in [0.717, 1.165) is 21.7 Å². The molecule has 0 fully saturated rings. The molecule has 0 saturated heterocycles. The lowest BCUT2D eigenvalue weighted by atomic mass is 10.2. The van der Waals surface area contributed by atoms with Crippen LogP contribution in [0.4, 0.5) is 0 Å². The minimum absolute atomic E-state index is 0.864. The summed E-state index contributed by atoms with van der Waals surface area (Å²) in [5.41, 5.74) is 1.17. The van der Waals surface area contributed by atoms with E-state index >= 15 is 0 Å². The first kappa shape index (κ1) is 12.6. The van der Waals surface area contributed by atoms with Gasteiger partial charge in [0.1, 0.15) is 11.5 Å². The van der Waals surface area contributed by atoms with Gasteiger partial charge in [0.25, 0.3) is 0 Å². The molecule has 0 saturated carbocycles. The van der Waals surface area contributed by atoms with Crippen molar-refractivity contribution in [3.63, 3.8) is 0 Å². The Bertz CT molecular complexity index is 508. The molecule has 0 amide bonds. The lowest BCUT2D eigenvalue weighted by Gasteiger charge is -2.08. The van der Waals surface area contributed by atoms with Gasteiger partial charge in [-0.15, -0.1) is 11.8 Å². The Morgan fingerprint density at radius 1 is 1.35 bits per heavy atom. The van der Waals surface area contributed by atoms with E-state index in [1.807, 2.05) is 25.1 Å². The Morgan fingerprint density at radius 2 is 2.18 bits per heavy atom. The molecule has 0 unspecified atom stereocenters. The van der Waals surface area contributed by atoms with E-state index < -0.39 is 0 Å². The summed E-state index contributed by atoms with van der Waals surface area (Å²) in [6.45, 7) is 1.97. The first-order valence-electron chi connectivity index (χ1n) is 5.20. The molecule has 1 aromatic carbocycles. The van der Waals surface area contributed by atoms with Crippen molar-refractivity contribution in [2.45, 2.75) is 17.6 Å². The summed E-state index contributed by atoms with van der Waals surface area (Å²) in [7, 11) is 1.69. The molecule has 0 aliphatic rings. The highest BCUT2D eigenvalue weighted by atomic mass is 79.9. The van der Waals surface area contributed by atoms with E-state index in [-0.39, 0.29) is 0 Å². The Morgan fingerprint density at radius 3 is 2.82 bits per heavy atom. The zero-order chi connectivity index (χ0) is 12.3. The fourth-order valence-electron chi connectivity index (χ4n) is 1.54. The van der Waals surface area contributed by atoms with E-state index in [9.17, 15) is 0 Å². The molecule has 4 heteroatoms. The number of aryl methyl sites for hydroxylation is 1. The first-order chi connectivity index (χ1) is 8.20. The predicted octanol–water partition coefficient (Wildman–Crippen LogP) is 4.65. The van der Waals surface area contributed by atoms with Crippen LogP contribution in [-0.2, 0) is 5.75 Å². The number of hydrogen-bond acceptors (Lipinski definition) is 3. The fraction of sp³-hybridized carbons (Fsp3) is 0.231. The molecule has 2 rings (SSSR count). The van der Waals surface area contributed by atoms with Crippen LogP contribution in [0, 0.1) is 6.92 Å². The quantitative estimate of drug-likeness (QED) is 0.767. The monoisotopic (exact) mass is 312 g/mol. The summed E-state index contributed by atoms with van der Waals surface area (Å²) in [4.78, 5) is 1.17. The molecular weight excluding hydrogens is 300 g/mol. The van der Waals surface area contributed by atoms with Gasteiger partial charge in [-0.3, -0.25) is 0 Å². The van der Waals surface area contributed by atoms with E-state index in [1.54, 1.807) is 25.1 Å². The Balaban J connectivity index is 2.13. The van der Waals surface area contributed by atoms with Gasteiger partial charge < -0.3 is 9.15 Å². The number of thioether (sulfide) groups is 1. The topological polar surface area (TPSA) is 22.4 Å². The third kappa shape index (κ3) is 3.07. The molecule has 0 atom stereocenters. The zero-order valence-corrected chi connectivity index (χ0v) is 12.1. The minimum atomic E-state index is 0.864. The number of hydrogen-bond donors (Lipinski definition) is 0. The summed E-state index contributed by atoms with van der Waals surface area (Å²) in [5, 5.41) is 0. The molecule has 0 aliphatic carbocycles. The second-order valence-corrected chi connectivity index (χ2v) is 5.52. The Hall–Kier alpha value is -0.870. The van der Waals surface area contributed by atoms with E-state index in [0.29, 0.717) is 0 Å². The second-order valence-electron chi connectivity index (χ2n) is 3.59. The van der Waals surface area contributed by atoms with Crippen molar-refractivity contribution in [1.29, 1.82) is 0 Å². The number of benzene rings is 1. The minimum Gasteiger partial charge on any atom is -0.496 e. The van der Waals surface area contributed by atoms with Crippen LogP contribution in [0.15, 0.2) is 44.3 Å². The van der Waals surface area contributed by atoms with Crippen molar-refractivity contribution in [2.75, 3.05) is 7.11 Å². The largest absolute Gasteiger partial charge is 0.496 e. The Labute approximate surface area is 113 Å². The molecular formula is C13H13BrO2S. The van der Waals surface area contributed by atoms with Crippen molar-refractivity contribution in [1.82, 2.24) is 0 Å². The average Bonchev–Trinajstić information content (AvgIpc) is 2.72. The van der Waals surface area contributed by atoms with Gasteiger partial charge in [-0.1, -0.05) is 15.9 Å². The van der Waals surface area contributed by atoms with Gasteiger partial charge in [0.15, 0.2) is 0 Å². The predicted molar refractivity (Wildman–Crippen MR) is 73.7 cm³/mol. The summed E-state index contributed by atoms with van der Waals surface area (Å²) in [6.07, 6.45) is 1.72. The molecule has 0 radical (unpaired) electrons. The molecule has 90 valence electrons. The van der Waals surface area contributed by atoms with Crippen LogP contribution in [0.3, 0.4) is 0 Å². The normalized spacial score (nSPS) is 10.5. The fourth-order valence-corrected chi connectivity index (χ4v) is 2.89. The maximum absolute atomic E-state index is 5.34. The molecule has 1 aromatic heterocycles. The highest BCUT2D eigenvalue weighted by Gasteiger charge is 2.07. The van der Waals surface area contributed by atoms with Crippen molar-refractivity contribution in [3.8, 4) is 5.75 Å². The number of ether oxygens (including phenoxy) is 1. The van der Waals surface area contributed by atoms with Crippen molar-refractivity contribution < 1.29 is 9.15 Å². The van der Waals surface area contributed by atoms with Crippen LogP contribution in [0.5, 0.6) is 5.75 Å². The average molecular weight is 313 g/mol. The maximum Gasteiger partial charge on any atom is 0.122 e. The van der Waals surface area contributed by atoms with E-state index in [1.165, 1.54) is 10.5 Å². The van der Waals surface area contributed by atoms with Crippen LogP contribution >= 0.6 is 27.7 Å². The number of rotatable bonds is 4. The molecule has 0 spiro atoms. The molecule has 0 N–H and O–H groups in total. The van der Waals surface area contributed by atoms with Gasteiger partial charge in [0.05, 0.1) is 13.4 Å². The molecule has 2 aromatic rings. The number of halogens is 1. The number of methoxy groups -OCH3 is 1. The highest BCUT2D eigenvalue weighted by Crippen LogP contribution is 2.31. The molecule has 17 heavy (non-hydrogen) atoms. The van der Waals surface area contributed by atoms with Gasteiger partial charge in [0.2, 0.25) is 0 Å². The SMILES string of the molecule is COc1ccc(Br)cc1CSc1ccoc1C. The highest BCUT2D eigenvalue weighted by molar-refractivity contribution is 9.10. The van der Waals surface area contributed by atoms with Gasteiger partial charge in [-0.25, -0.2) is 0 Å². The van der Waals surface area contributed by atoms with Gasteiger partial charge in [0, 0.05) is 20.7 Å². The molecule has 0 aliphatic heterocycles. The first-order valence-corrected chi connectivity index (χ1v) is 6.98. The summed E-state index contributed by atoms with van der Waals surface area (Å²) in [5.74, 6) is 2.74. The zero-order valence-electron chi connectivity index (χ0n) is 9.70.